The second-order valence-corrected chi connectivity index (χ2v) is 4.64. The number of hydrogen-bond acceptors (Lipinski definition) is 1. The Hall–Kier alpha value is -1.34. The fourth-order valence-corrected chi connectivity index (χ4v) is 2.41. The molecule has 102 valence electrons. The van der Waals surface area contributed by atoms with Crippen LogP contribution in [0.5, 0.6) is 0 Å². The van der Waals surface area contributed by atoms with E-state index >= 15 is 0 Å². The summed E-state index contributed by atoms with van der Waals surface area (Å²) in [4.78, 5) is 0. The largest absolute Gasteiger partial charge is 1.00 e. The van der Waals surface area contributed by atoms with E-state index in [0.29, 0.717) is 0 Å². The zero-order valence-electron chi connectivity index (χ0n) is 11.5. The molecule has 0 spiro atoms. The zero-order valence-corrected chi connectivity index (χ0v) is 13.1. The normalized spacial score (nSPS) is 11.8. The van der Waals surface area contributed by atoms with Gasteiger partial charge in [0.05, 0.1) is 6.54 Å². The average Bonchev–Trinajstić information content (AvgIpc) is 2.76. The van der Waals surface area contributed by atoms with Crippen LogP contribution in [0.15, 0.2) is 30.6 Å². The van der Waals surface area contributed by atoms with Crippen LogP contribution in [-0.2, 0) is 6.54 Å². The highest BCUT2D eigenvalue weighted by molar-refractivity contribution is 5.71. The van der Waals surface area contributed by atoms with Crippen molar-refractivity contribution in [2.75, 3.05) is 0 Å². The number of nitriles is 1. The van der Waals surface area contributed by atoms with Gasteiger partial charge in [-0.05, 0) is 18.6 Å². The van der Waals surface area contributed by atoms with Gasteiger partial charge in [0.15, 0.2) is 17.1 Å². The van der Waals surface area contributed by atoms with E-state index in [-0.39, 0.29) is 23.0 Å². The Balaban J connectivity index is 0.00000180. The topological polar surface area (TPSA) is 32.6 Å². The minimum Gasteiger partial charge on any atom is -1.00 e. The molecule has 1 aromatic carbocycles. The monoisotopic (exact) mass is 321 g/mol. The lowest BCUT2D eigenvalue weighted by molar-refractivity contribution is -0.672. The summed E-state index contributed by atoms with van der Waals surface area (Å²) in [7, 11) is 0. The highest BCUT2D eigenvalue weighted by Gasteiger charge is 2.21. The van der Waals surface area contributed by atoms with Crippen LogP contribution in [0.3, 0.4) is 0 Å². The summed E-state index contributed by atoms with van der Waals surface area (Å²) < 4.78 is 4.36. The van der Waals surface area contributed by atoms with E-state index in [0.717, 1.165) is 31.3 Å². The van der Waals surface area contributed by atoms with Gasteiger partial charge in [-0.2, -0.15) is 5.26 Å². The van der Waals surface area contributed by atoms with Crippen molar-refractivity contribution in [3.8, 4) is 6.07 Å². The van der Waals surface area contributed by atoms with Crippen molar-refractivity contribution in [2.24, 2.45) is 0 Å². The molecule has 3 nitrogen and oxygen atoms in total. The Bertz CT molecular complexity index is 568. The summed E-state index contributed by atoms with van der Waals surface area (Å²) in [6, 6.07) is 10.7. The predicted octanol–water partition coefficient (Wildman–Crippen LogP) is 0.208. The number of hydrogen-bond donors (Lipinski definition) is 0. The molecule has 2 rings (SSSR count). The molecule has 0 fully saturated rings. The number of aryl methyl sites for hydroxylation is 1. The zero-order chi connectivity index (χ0) is 13.0. The highest BCUT2D eigenvalue weighted by atomic mass is 79.9. The van der Waals surface area contributed by atoms with Crippen LogP contribution >= 0.6 is 0 Å². The Morgan fingerprint density at radius 3 is 2.63 bits per heavy atom. The Morgan fingerprint density at radius 1 is 1.26 bits per heavy atom. The van der Waals surface area contributed by atoms with Crippen LogP contribution < -0.4 is 21.5 Å². The number of para-hydroxylation sites is 2. The second kappa shape index (κ2) is 7.30. The van der Waals surface area contributed by atoms with E-state index in [1.165, 1.54) is 5.52 Å². The first kappa shape index (κ1) is 15.7. The summed E-state index contributed by atoms with van der Waals surface area (Å²) in [6.07, 6.45) is 5.13. The number of nitrogens with zero attached hydrogens (tertiary/aromatic N) is 3. The van der Waals surface area contributed by atoms with Crippen molar-refractivity contribution >= 4 is 11.0 Å². The third-order valence-corrected chi connectivity index (χ3v) is 3.24. The fraction of sp³-hybridized carbons (Fsp3) is 0.467. The highest BCUT2D eigenvalue weighted by Crippen LogP contribution is 2.19. The molecule has 1 heterocycles. The van der Waals surface area contributed by atoms with E-state index in [9.17, 15) is 5.26 Å². The van der Waals surface area contributed by atoms with E-state index < -0.39 is 0 Å². The Kier molecular flexibility index (Phi) is 6.04. The molecule has 0 saturated heterocycles. The molecule has 0 radical (unpaired) electrons. The lowest BCUT2D eigenvalue weighted by atomic mass is 10.2. The maximum absolute atomic E-state index is 9.33. The standard InChI is InChI=1S/C15H20N3.BrH/c1-3-7-13(11-16)18-12-17(10-4-2)14-8-5-6-9-15(14)18;/h5-6,8-9,12-13H,3-4,7,10H2,1-2H3;1H/q+1;/p-1. The van der Waals surface area contributed by atoms with Crippen molar-refractivity contribution in [2.45, 2.75) is 45.7 Å². The third kappa shape index (κ3) is 3.16. The third-order valence-electron chi connectivity index (χ3n) is 3.24. The number of aromatic nitrogens is 2. The van der Waals surface area contributed by atoms with Crippen LogP contribution in [0.25, 0.3) is 11.0 Å². The van der Waals surface area contributed by atoms with Gasteiger partial charge in [-0.15, -0.1) is 0 Å². The molecule has 1 atom stereocenters. The van der Waals surface area contributed by atoms with Gasteiger partial charge in [0, 0.05) is 6.42 Å². The molecule has 1 aromatic heterocycles. The number of fused-ring (bicyclic) bond motifs is 1. The van der Waals surface area contributed by atoms with Gasteiger partial charge < -0.3 is 17.0 Å². The van der Waals surface area contributed by atoms with E-state index in [4.69, 9.17) is 0 Å². The minimum atomic E-state index is -0.0574. The Labute approximate surface area is 125 Å². The van der Waals surface area contributed by atoms with Crippen LogP contribution in [0.1, 0.15) is 39.2 Å². The molecule has 0 saturated carbocycles. The Morgan fingerprint density at radius 2 is 2.00 bits per heavy atom. The van der Waals surface area contributed by atoms with Gasteiger partial charge in [-0.1, -0.05) is 32.4 Å². The predicted molar refractivity (Wildman–Crippen MR) is 72.0 cm³/mol. The first-order chi connectivity index (χ1) is 8.81. The molecule has 0 aliphatic carbocycles. The molecular formula is C15H20BrN3. The van der Waals surface area contributed by atoms with Crippen LogP contribution in [0.4, 0.5) is 0 Å². The van der Waals surface area contributed by atoms with Crippen molar-refractivity contribution < 1.29 is 21.5 Å². The lowest BCUT2D eigenvalue weighted by Crippen LogP contribution is -3.00. The van der Waals surface area contributed by atoms with Crippen LogP contribution in [0, 0.1) is 11.3 Å². The molecule has 0 aliphatic rings. The summed E-state index contributed by atoms with van der Waals surface area (Å²) in [5, 5.41) is 9.33. The smallest absolute Gasteiger partial charge is 0.245 e. The molecule has 1 unspecified atom stereocenters. The summed E-state index contributed by atoms with van der Waals surface area (Å²) in [5.41, 5.74) is 2.38. The molecule has 4 heteroatoms. The van der Waals surface area contributed by atoms with Crippen LogP contribution in [0.2, 0.25) is 0 Å². The van der Waals surface area contributed by atoms with E-state index in [2.05, 4.69) is 53.6 Å². The number of imidazole rings is 1. The molecule has 0 N–H and O–H groups in total. The average molecular weight is 322 g/mol. The molecule has 19 heavy (non-hydrogen) atoms. The maximum Gasteiger partial charge on any atom is 0.245 e. The number of rotatable bonds is 5. The van der Waals surface area contributed by atoms with E-state index in [1.54, 1.807) is 0 Å². The van der Waals surface area contributed by atoms with Gasteiger partial charge >= 0.3 is 0 Å². The lowest BCUT2D eigenvalue weighted by Gasteiger charge is -2.03. The quantitative estimate of drug-likeness (QED) is 0.724. The molecular weight excluding hydrogens is 302 g/mol. The van der Waals surface area contributed by atoms with Crippen molar-refractivity contribution in [3.05, 3.63) is 30.6 Å². The summed E-state index contributed by atoms with van der Waals surface area (Å²) in [5.74, 6) is 0. The van der Waals surface area contributed by atoms with E-state index in [1.807, 2.05) is 6.07 Å². The van der Waals surface area contributed by atoms with Gasteiger partial charge in [-0.25, -0.2) is 9.13 Å². The molecule has 0 amide bonds. The van der Waals surface area contributed by atoms with Gasteiger partial charge in [0.2, 0.25) is 6.33 Å². The minimum absolute atomic E-state index is 0. The van der Waals surface area contributed by atoms with Gasteiger partial charge in [0.25, 0.3) is 0 Å². The van der Waals surface area contributed by atoms with Gasteiger partial charge in [-0.3, -0.25) is 0 Å². The number of halogens is 1. The molecule has 2 aromatic rings. The number of benzene rings is 1. The van der Waals surface area contributed by atoms with Crippen molar-refractivity contribution in [3.63, 3.8) is 0 Å². The first-order valence-electron chi connectivity index (χ1n) is 6.70. The maximum atomic E-state index is 9.33. The summed E-state index contributed by atoms with van der Waals surface area (Å²) >= 11 is 0. The van der Waals surface area contributed by atoms with Crippen molar-refractivity contribution in [1.29, 1.82) is 5.26 Å². The van der Waals surface area contributed by atoms with Gasteiger partial charge in [0.1, 0.15) is 6.07 Å². The van der Waals surface area contributed by atoms with Crippen LogP contribution in [-0.4, -0.2) is 4.57 Å². The van der Waals surface area contributed by atoms with Crippen molar-refractivity contribution in [1.82, 2.24) is 4.57 Å². The first-order valence-corrected chi connectivity index (χ1v) is 6.70. The second-order valence-electron chi connectivity index (χ2n) is 4.64. The SMILES string of the molecule is CCCC(C#N)n1c[n+](CCC)c2ccccc21.[Br-]. The molecule has 0 bridgehead atoms. The fourth-order valence-electron chi connectivity index (χ4n) is 2.41. The summed E-state index contributed by atoms with van der Waals surface area (Å²) in [6.45, 7) is 5.29. The molecule has 0 aliphatic heterocycles.